The molecule has 1 heterocycles. The van der Waals surface area contributed by atoms with Gasteiger partial charge in [-0.1, -0.05) is 28.1 Å². The first-order valence-corrected chi connectivity index (χ1v) is 8.10. The van der Waals surface area contributed by atoms with E-state index in [1.165, 1.54) is 0 Å². The normalized spacial score (nSPS) is 10.5. The van der Waals surface area contributed by atoms with Crippen molar-refractivity contribution in [3.8, 4) is 5.88 Å². The van der Waals surface area contributed by atoms with Crippen LogP contribution >= 0.6 is 15.9 Å². The van der Waals surface area contributed by atoms with Crippen molar-refractivity contribution in [1.82, 2.24) is 9.97 Å². The molecule has 0 aliphatic rings. The summed E-state index contributed by atoms with van der Waals surface area (Å²) >= 11 is 3.38. The number of carbonyl (C=O) groups is 1. The number of ether oxygens (including phenoxy) is 1. The topological polar surface area (TPSA) is 105 Å². The summed E-state index contributed by atoms with van der Waals surface area (Å²) in [6.07, 6.45) is 0.299. The average Bonchev–Trinajstić information content (AvgIpc) is 2.55. The Labute approximate surface area is 147 Å². The quantitative estimate of drug-likeness (QED) is 0.628. The zero-order valence-electron chi connectivity index (χ0n) is 13.1. The Bertz CT molecular complexity index is 707. The number of aliphatic hydroxyl groups excluding tert-OH is 1. The van der Waals surface area contributed by atoms with E-state index >= 15 is 0 Å². The molecule has 0 amide bonds. The van der Waals surface area contributed by atoms with Gasteiger partial charge < -0.3 is 20.3 Å². The molecule has 2 aromatic rings. The van der Waals surface area contributed by atoms with Gasteiger partial charge >= 0.3 is 5.97 Å². The number of aliphatic carboxylic acids is 1. The molecule has 0 aliphatic heterocycles. The van der Waals surface area contributed by atoms with Crippen molar-refractivity contribution in [2.45, 2.75) is 19.9 Å². The smallest absolute Gasteiger partial charge is 0.341 e. The number of carboxylic acids is 1. The van der Waals surface area contributed by atoms with Crippen molar-refractivity contribution in [2.75, 3.05) is 18.5 Å². The predicted octanol–water partition coefficient (Wildman–Crippen LogP) is 2.16. The summed E-state index contributed by atoms with van der Waals surface area (Å²) in [4.78, 5) is 19.3. The first-order chi connectivity index (χ1) is 11.5. The number of benzene rings is 1. The highest BCUT2D eigenvalue weighted by Crippen LogP contribution is 2.22. The fraction of sp³-hybridized carbons (Fsp3) is 0.312. The Morgan fingerprint density at radius 2 is 2.00 bits per heavy atom. The number of anilines is 1. The van der Waals surface area contributed by atoms with Gasteiger partial charge in [0.2, 0.25) is 11.8 Å². The summed E-state index contributed by atoms with van der Waals surface area (Å²) < 4.78 is 6.23. The summed E-state index contributed by atoms with van der Waals surface area (Å²) in [5.74, 6) is -0.569. The van der Waals surface area contributed by atoms with E-state index in [-0.39, 0.29) is 12.5 Å². The number of hydrogen-bond acceptors (Lipinski definition) is 6. The third-order valence-corrected chi connectivity index (χ3v) is 3.76. The molecular weight excluding hydrogens is 378 g/mol. The minimum absolute atomic E-state index is 0.0979. The molecule has 3 N–H and O–H groups in total. The number of halogens is 1. The molecule has 128 valence electrons. The molecule has 0 bridgehead atoms. The van der Waals surface area contributed by atoms with Crippen LogP contribution in [0.2, 0.25) is 0 Å². The van der Waals surface area contributed by atoms with Gasteiger partial charge in [0, 0.05) is 35.3 Å². The van der Waals surface area contributed by atoms with Crippen LogP contribution in [0.15, 0.2) is 28.7 Å². The Kier molecular flexibility index (Phi) is 6.51. The van der Waals surface area contributed by atoms with Gasteiger partial charge in [0.15, 0.2) is 6.61 Å². The van der Waals surface area contributed by atoms with Gasteiger partial charge in [-0.15, -0.1) is 0 Å². The number of aliphatic hydroxyl groups is 1. The van der Waals surface area contributed by atoms with E-state index in [0.29, 0.717) is 30.2 Å². The maximum Gasteiger partial charge on any atom is 0.341 e. The lowest BCUT2D eigenvalue weighted by molar-refractivity contribution is -0.139. The van der Waals surface area contributed by atoms with E-state index in [9.17, 15) is 4.79 Å². The molecule has 0 saturated heterocycles. The van der Waals surface area contributed by atoms with Gasteiger partial charge in [0.1, 0.15) is 0 Å². The molecule has 0 aliphatic carbocycles. The Morgan fingerprint density at radius 3 is 2.62 bits per heavy atom. The number of aryl methyl sites for hydroxylation is 1. The van der Waals surface area contributed by atoms with Crippen molar-refractivity contribution in [3.63, 3.8) is 0 Å². The van der Waals surface area contributed by atoms with E-state index in [0.717, 1.165) is 10.0 Å². The van der Waals surface area contributed by atoms with Crippen molar-refractivity contribution in [1.29, 1.82) is 0 Å². The second-order valence-corrected chi connectivity index (χ2v) is 5.97. The summed E-state index contributed by atoms with van der Waals surface area (Å²) in [5.41, 5.74) is 2.29. The van der Waals surface area contributed by atoms with Crippen molar-refractivity contribution < 1.29 is 19.7 Å². The van der Waals surface area contributed by atoms with E-state index in [4.69, 9.17) is 14.9 Å². The largest absolute Gasteiger partial charge is 0.479 e. The first kappa shape index (κ1) is 18.2. The van der Waals surface area contributed by atoms with Crippen molar-refractivity contribution in [2.24, 2.45) is 0 Å². The summed E-state index contributed by atoms with van der Waals surface area (Å²) in [6, 6.07) is 7.81. The number of nitrogens with zero attached hydrogens (tertiary/aromatic N) is 2. The maximum atomic E-state index is 10.7. The van der Waals surface area contributed by atoms with Gasteiger partial charge in [0.25, 0.3) is 0 Å². The van der Waals surface area contributed by atoms with E-state index in [1.807, 2.05) is 24.3 Å². The van der Waals surface area contributed by atoms with Crippen LogP contribution in [0.25, 0.3) is 0 Å². The third-order valence-electron chi connectivity index (χ3n) is 3.23. The maximum absolute atomic E-state index is 10.7. The molecule has 8 heteroatoms. The molecule has 24 heavy (non-hydrogen) atoms. The van der Waals surface area contributed by atoms with Crippen molar-refractivity contribution in [3.05, 3.63) is 45.6 Å². The van der Waals surface area contributed by atoms with Gasteiger partial charge in [-0.3, -0.25) is 0 Å². The van der Waals surface area contributed by atoms with Crippen LogP contribution in [0.3, 0.4) is 0 Å². The molecule has 7 nitrogen and oxygen atoms in total. The number of nitrogens with one attached hydrogen (secondary N) is 1. The number of hydrogen-bond donors (Lipinski definition) is 3. The highest BCUT2D eigenvalue weighted by molar-refractivity contribution is 9.10. The average molecular weight is 396 g/mol. The van der Waals surface area contributed by atoms with Gasteiger partial charge in [-0.25, -0.2) is 9.78 Å². The van der Waals surface area contributed by atoms with Gasteiger partial charge in [0.05, 0.1) is 0 Å². The van der Waals surface area contributed by atoms with Crippen LogP contribution in [-0.4, -0.2) is 39.4 Å². The molecule has 0 fully saturated rings. The monoisotopic (exact) mass is 395 g/mol. The van der Waals surface area contributed by atoms with Gasteiger partial charge in [-0.05, 0) is 24.6 Å². The fourth-order valence-electron chi connectivity index (χ4n) is 2.08. The molecule has 2 rings (SSSR count). The number of rotatable bonds is 8. The lowest BCUT2D eigenvalue weighted by Crippen LogP contribution is -2.15. The standard InChI is InChI=1S/C16H18BrN3O4/c1-10-13(6-7-21)15(24-9-14(22)23)20-16(19-10)18-8-11-2-4-12(17)5-3-11/h2-5,21H,6-9H2,1H3,(H,22,23)(H,18,19,20). The summed E-state index contributed by atoms with van der Waals surface area (Å²) in [7, 11) is 0. The molecule has 0 spiro atoms. The van der Waals surface area contributed by atoms with E-state index in [2.05, 4.69) is 31.2 Å². The minimum Gasteiger partial charge on any atom is -0.479 e. The molecule has 0 atom stereocenters. The molecular formula is C16H18BrN3O4. The zero-order chi connectivity index (χ0) is 17.5. The highest BCUT2D eigenvalue weighted by Gasteiger charge is 2.14. The molecule has 0 unspecified atom stereocenters. The second-order valence-electron chi connectivity index (χ2n) is 5.05. The van der Waals surface area contributed by atoms with Crippen molar-refractivity contribution >= 4 is 27.8 Å². The van der Waals surface area contributed by atoms with Crippen LogP contribution in [-0.2, 0) is 17.8 Å². The van der Waals surface area contributed by atoms with E-state index in [1.54, 1.807) is 6.92 Å². The van der Waals surface area contributed by atoms with Crippen LogP contribution in [0, 0.1) is 6.92 Å². The van der Waals surface area contributed by atoms with Crippen LogP contribution < -0.4 is 10.1 Å². The molecule has 1 aromatic carbocycles. The number of carboxylic acid groups (broad SMARTS) is 1. The molecule has 1 aromatic heterocycles. The Morgan fingerprint density at radius 1 is 1.29 bits per heavy atom. The van der Waals surface area contributed by atoms with E-state index < -0.39 is 12.6 Å². The minimum atomic E-state index is -1.09. The molecule has 0 radical (unpaired) electrons. The lowest BCUT2D eigenvalue weighted by atomic mass is 10.2. The van der Waals surface area contributed by atoms with Crippen LogP contribution in [0.4, 0.5) is 5.95 Å². The van der Waals surface area contributed by atoms with Crippen LogP contribution in [0.1, 0.15) is 16.8 Å². The van der Waals surface area contributed by atoms with Gasteiger partial charge in [-0.2, -0.15) is 4.98 Å². The van der Waals surface area contributed by atoms with Crippen LogP contribution in [0.5, 0.6) is 5.88 Å². The SMILES string of the molecule is Cc1nc(NCc2ccc(Br)cc2)nc(OCC(=O)O)c1CCO. The lowest BCUT2D eigenvalue weighted by Gasteiger charge is -2.13. The third kappa shape index (κ3) is 5.17. The fourth-order valence-corrected chi connectivity index (χ4v) is 2.35. The summed E-state index contributed by atoms with van der Waals surface area (Å²) in [5, 5.41) is 21.0. The predicted molar refractivity (Wildman–Crippen MR) is 92.2 cm³/mol. The summed E-state index contributed by atoms with van der Waals surface area (Å²) in [6.45, 7) is 1.69. The zero-order valence-corrected chi connectivity index (χ0v) is 14.7. The highest BCUT2D eigenvalue weighted by atomic mass is 79.9. The first-order valence-electron chi connectivity index (χ1n) is 7.31. The molecule has 0 saturated carbocycles. The Balaban J connectivity index is 2.16. The number of aromatic nitrogens is 2. The Hall–Kier alpha value is -2.19. The second kappa shape index (κ2) is 8.60.